The van der Waals surface area contributed by atoms with Gasteiger partial charge in [0.2, 0.25) is 5.95 Å². The molecule has 1 aliphatic rings. The Balaban J connectivity index is 2.46. The van der Waals surface area contributed by atoms with Gasteiger partial charge in [-0.05, 0) is 26.8 Å². The maximum Gasteiger partial charge on any atom is 0.221 e. The molecule has 0 saturated carbocycles. The zero-order valence-electron chi connectivity index (χ0n) is 14.3. The number of ketones is 1. The molecule has 0 aromatic carbocycles. The smallest absolute Gasteiger partial charge is 0.221 e. The molecule has 24 heavy (non-hydrogen) atoms. The van der Waals surface area contributed by atoms with E-state index in [-0.39, 0.29) is 17.5 Å². The molecule has 2 rings (SSSR count). The summed E-state index contributed by atoms with van der Waals surface area (Å²) in [6, 6.07) is 0. The molecule has 4 N–H and O–H groups in total. The van der Waals surface area contributed by atoms with Gasteiger partial charge in [-0.3, -0.25) is 4.79 Å². The molecule has 0 spiro atoms. The Morgan fingerprint density at radius 2 is 2.08 bits per heavy atom. The minimum Gasteiger partial charge on any atom is -0.497 e. The van der Waals surface area contributed by atoms with Crippen molar-refractivity contribution in [1.29, 1.82) is 0 Å². The summed E-state index contributed by atoms with van der Waals surface area (Å²) >= 11 is 0. The second kappa shape index (κ2) is 7.44. The number of nitrogens with two attached hydrogens (primary N) is 2. The van der Waals surface area contributed by atoms with Crippen LogP contribution < -0.4 is 11.5 Å². The average molecular weight is 332 g/mol. The Hall–Kier alpha value is -2.41. The predicted octanol–water partition coefficient (Wildman–Crippen LogP) is 1.65. The van der Waals surface area contributed by atoms with Crippen LogP contribution in [0.2, 0.25) is 0 Å². The molecule has 1 heterocycles. The van der Waals surface area contributed by atoms with Crippen LogP contribution in [-0.4, -0.2) is 34.6 Å². The highest BCUT2D eigenvalue weighted by molar-refractivity contribution is 5.83. The first-order chi connectivity index (χ1) is 11.4. The van der Waals surface area contributed by atoms with Crippen molar-refractivity contribution in [2.45, 2.75) is 32.8 Å². The third-order valence-corrected chi connectivity index (χ3v) is 3.93. The minimum atomic E-state index is -0.895. The van der Waals surface area contributed by atoms with Gasteiger partial charge in [-0.25, -0.2) is 4.98 Å². The zero-order chi connectivity index (χ0) is 17.7. The molecule has 1 aromatic rings. The first kappa shape index (κ1) is 17.9. The van der Waals surface area contributed by atoms with E-state index in [1.807, 2.05) is 26.0 Å². The maximum absolute atomic E-state index is 12.4. The molecule has 1 aromatic heterocycles. The number of nitrogen functional groups attached to an aromatic ring is 2. The lowest BCUT2D eigenvalue weighted by atomic mass is 9.76. The number of carbonyl (C=O) groups excluding carboxylic acids is 1. The Kier molecular flexibility index (Phi) is 5.56. The fraction of sp³-hybridized carbons (Fsp3) is 0.471. The minimum absolute atomic E-state index is 0.0394. The quantitative estimate of drug-likeness (QED) is 0.780. The standard InChI is InChI=1S/C17H24N4O3/c1-4-23-13-7-6-8-17(24-5-2,14(13)11(3)22)9-12-10-20-16(19)21-15(12)18/h6-8,10,14H,4-5,9H2,1-3H3,(H4,18,19,20,21). The predicted molar refractivity (Wildman–Crippen MR) is 91.9 cm³/mol. The van der Waals surface area contributed by atoms with E-state index >= 15 is 0 Å². The second-order valence-corrected chi connectivity index (χ2v) is 5.61. The van der Waals surface area contributed by atoms with Gasteiger partial charge in [-0.15, -0.1) is 0 Å². The van der Waals surface area contributed by atoms with Gasteiger partial charge in [0.15, 0.2) is 0 Å². The van der Waals surface area contributed by atoms with Crippen molar-refractivity contribution in [3.63, 3.8) is 0 Å². The SMILES string of the molecule is CCOC1=CC=CC(Cc2cnc(N)nc2N)(OCC)C1C(C)=O. The van der Waals surface area contributed by atoms with Crippen LogP contribution in [0.1, 0.15) is 26.3 Å². The van der Waals surface area contributed by atoms with Crippen LogP contribution in [0.25, 0.3) is 0 Å². The van der Waals surface area contributed by atoms with Gasteiger partial charge in [0.05, 0.1) is 6.61 Å². The number of hydrogen-bond acceptors (Lipinski definition) is 7. The van der Waals surface area contributed by atoms with Gasteiger partial charge in [-0.2, -0.15) is 4.98 Å². The summed E-state index contributed by atoms with van der Waals surface area (Å²) in [6.07, 6.45) is 7.44. The van der Waals surface area contributed by atoms with Crippen molar-refractivity contribution < 1.29 is 14.3 Å². The average Bonchev–Trinajstić information content (AvgIpc) is 2.50. The molecular formula is C17H24N4O3. The molecular weight excluding hydrogens is 308 g/mol. The highest BCUT2D eigenvalue weighted by Crippen LogP contribution is 2.38. The van der Waals surface area contributed by atoms with Gasteiger partial charge in [-0.1, -0.05) is 12.2 Å². The molecule has 130 valence electrons. The van der Waals surface area contributed by atoms with E-state index < -0.39 is 11.5 Å². The van der Waals surface area contributed by atoms with Crippen molar-refractivity contribution in [1.82, 2.24) is 9.97 Å². The number of nitrogens with zero attached hydrogens (tertiary/aromatic N) is 2. The lowest BCUT2D eigenvalue weighted by Crippen LogP contribution is -2.47. The largest absolute Gasteiger partial charge is 0.497 e. The summed E-state index contributed by atoms with van der Waals surface area (Å²) in [7, 11) is 0. The topological polar surface area (TPSA) is 113 Å². The van der Waals surface area contributed by atoms with Crippen molar-refractivity contribution in [2.24, 2.45) is 5.92 Å². The van der Waals surface area contributed by atoms with E-state index in [1.165, 1.54) is 6.92 Å². The van der Waals surface area contributed by atoms with Gasteiger partial charge in [0, 0.05) is 24.8 Å². The monoisotopic (exact) mass is 332 g/mol. The van der Waals surface area contributed by atoms with Crippen LogP contribution in [0.5, 0.6) is 0 Å². The molecule has 0 aliphatic heterocycles. The highest BCUT2D eigenvalue weighted by Gasteiger charge is 2.45. The van der Waals surface area contributed by atoms with E-state index in [0.29, 0.717) is 31.0 Å². The van der Waals surface area contributed by atoms with Crippen molar-refractivity contribution >= 4 is 17.5 Å². The second-order valence-electron chi connectivity index (χ2n) is 5.61. The van der Waals surface area contributed by atoms with E-state index in [4.69, 9.17) is 20.9 Å². The molecule has 1 aliphatic carbocycles. The van der Waals surface area contributed by atoms with Crippen LogP contribution in [0, 0.1) is 5.92 Å². The van der Waals surface area contributed by atoms with Gasteiger partial charge >= 0.3 is 0 Å². The van der Waals surface area contributed by atoms with E-state index in [9.17, 15) is 4.79 Å². The summed E-state index contributed by atoms with van der Waals surface area (Å²) in [4.78, 5) is 20.4. The number of Topliss-reactive ketones (excluding diaryl/α,β-unsaturated/α-hetero) is 1. The summed E-state index contributed by atoms with van der Waals surface area (Å²) in [5.74, 6) is 0.390. The molecule has 0 amide bonds. The van der Waals surface area contributed by atoms with Crippen LogP contribution in [0.4, 0.5) is 11.8 Å². The van der Waals surface area contributed by atoms with Crippen LogP contribution in [0.3, 0.4) is 0 Å². The Labute approximate surface area is 141 Å². The third kappa shape index (κ3) is 3.56. The van der Waals surface area contributed by atoms with Crippen LogP contribution >= 0.6 is 0 Å². The number of ether oxygens (including phenoxy) is 2. The summed E-state index contributed by atoms with van der Waals surface area (Å²) in [6.45, 7) is 6.20. The van der Waals surface area contributed by atoms with Gasteiger partial charge < -0.3 is 20.9 Å². The maximum atomic E-state index is 12.4. The van der Waals surface area contributed by atoms with Crippen molar-refractivity contribution in [3.05, 3.63) is 35.7 Å². The first-order valence-corrected chi connectivity index (χ1v) is 7.97. The van der Waals surface area contributed by atoms with Crippen LogP contribution in [0.15, 0.2) is 30.2 Å². The summed E-state index contributed by atoms with van der Waals surface area (Å²) in [5.41, 5.74) is 11.3. The fourth-order valence-electron chi connectivity index (χ4n) is 3.06. The molecule has 7 heteroatoms. The van der Waals surface area contributed by atoms with E-state index in [2.05, 4.69) is 9.97 Å². The number of rotatable bonds is 7. The molecule has 7 nitrogen and oxygen atoms in total. The van der Waals surface area contributed by atoms with Crippen molar-refractivity contribution in [2.75, 3.05) is 24.7 Å². The van der Waals surface area contributed by atoms with Gasteiger partial charge in [0.1, 0.15) is 28.9 Å². The van der Waals surface area contributed by atoms with E-state index in [0.717, 1.165) is 0 Å². The summed E-state index contributed by atoms with van der Waals surface area (Å²) < 4.78 is 11.7. The molecule has 2 unspecified atom stereocenters. The van der Waals surface area contributed by atoms with Crippen molar-refractivity contribution in [3.8, 4) is 0 Å². The molecule has 0 bridgehead atoms. The lowest BCUT2D eigenvalue weighted by Gasteiger charge is -2.39. The fourth-order valence-corrected chi connectivity index (χ4v) is 3.06. The number of carbonyl (C=O) groups is 1. The molecule has 0 radical (unpaired) electrons. The lowest BCUT2D eigenvalue weighted by molar-refractivity contribution is -0.131. The molecule has 0 fully saturated rings. The number of aromatic nitrogens is 2. The molecule has 0 saturated heterocycles. The Morgan fingerprint density at radius 1 is 1.33 bits per heavy atom. The van der Waals surface area contributed by atoms with E-state index in [1.54, 1.807) is 12.3 Å². The Morgan fingerprint density at radius 3 is 2.67 bits per heavy atom. The normalized spacial score (nSPS) is 23.0. The van der Waals surface area contributed by atoms with Crippen LogP contribution in [-0.2, 0) is 20.7 Å². The highest BCUT2D eigenvalue weighted by atomic mass is 16.5. The first-order valence-electron chi connectivity index (χ1n) is 7.97. The number of hydrogen-bond donors (Lipinski definition) is 2. The third-order valence-electron chi connectivity index (χ3n) is 3.93. The summed E-state index contributed by atoms with van der Waals surface area (Å²) in [5, 5.41) is 0. The Bertz CT molecular complexity index is 672. The number of allylic oxidation sites excluding steroid dienone is 2. The molecule has 2 atom stereocenters. The number of anilines is 2. The zero-order valence-corrected chi connectivity index (χ0v) is 14.3. The van der Waals surface area contributed by atoms with Gasteiger partial charge in [0.25, 0.3) is 0 Å².